The minimum absolute atomic E-state index is 0.219. The first-order chi connectivity index (χ1) is 9.88. The van der Waals surface area contributed by atoms with Crippen molar-refractivity contribution in [3.8, 4) is 5.69 Å². The van der Waals surface area contributed by atoms with E-state index in [0.717, 1.165) is 22.9 Å². The lowest BCUT2D eigenvalue weighted by Crippen LogP contribution is -2.25. The van der Waals surface area contributed by atoms with E-state index in [4.69, 9.17) is 11.6 Å². The first kappa shape index (κ1) is 14.2. The van der Waals surface area contributed by atoms with Crippen molar-refractivity contribution in [2.45, 2.75) is 40.1 Å². The lowest BCUT2D eigenvalue weighted by atomic mass is 10.0. The minimum atomic E-state index is -0.219. The molecule has 0 aliphatic carbocycles. The van der Waals surface area contributed by atoms with Crippen molar-refractivity contribution in [3.05, 3.63) is 46.1 Å². The molecular formula is C17H20ClN3. The summed E-state index contributed by atoms with van der Waals surface area (Å²) in [7, 11) is 0. The molecule has 4 heteroatoms. The molecule has 3 nitrogen and oxygen atoms in total. The van der Waals surface area contributed by atoms with Crippen molar-refractivity contribution in [2.24, 2.45) is 4.99 Å². The van der Waals surface area contributed by atoms with Gasteiger partial charge in [0.05, 0.1) is 5.69 Å². The zero-order chi connectivity index (χ0) is 15.3. The largest absolute Gasteiger partial charge is 0.354 e. The Morgan fingerprint density at radius 3 is 2.29 bits per heavy atom. The van der Waals surface area contributed by atoms with Crippen molar-refractivity contribution >= 4 is 23.3 Å². The van der Waals surface area contributed by atoms with Gasteiger partial charge in [0.15, 0.2) is 0 Å². The molecule has 1 aromatic heterocycles. The Bertz CT molecular complexity index is 733. The standard InChI is InChI=1S/C17H20ClN3/c1-9-6-10(2)15(11(3)7-9)21-12(4)8-14-16(18)19-13(5)20-17(14)21/h6-8,16H,1-5H3,(H,19,20). The second-order valence-electron chi connectivity index (χ2n) is 5.85. The highest BCUT2D eigenvalue weighted by Crippen LogP contribution is 2.38. The van der Waals surface area contributed by atoms with E-state index in [1.165, 1.54) is 22.4 Å². The van der Waals surface area contributed by atoms with E-state index in [1.807, 2.05) is 6.92 Å². The lowest BCUT2D eigenvalue weighted by Gasteiger charge is -2.21. The van der Waals surface area contributed by atoms with Crippen LogP contribution in [0.1, 0.15) is 40.4 Å². The second kappa shape index (κ2) is 4.92. The fourth-order valence-corrected chi connectivity index (χ4v) is 3.53. The molecule has 0 radical (unpaired) electrons. The van der Waals surface area contributed by atoms with E-state index in [9.17, 15) is 0 Å². The van der Waals surface area contributed by atoms with Gasteiger partial charge < -0.3 is 5.32 Å². The van der Waals surface area contributed by atoms with E-state index in [2.05, 4.69) is 60.8 Å². The van der Waals surface area contributed by atoms with Gasteiger partial charge in [-0.1, -0.05) is 29.3 Å². The van der Waals surface area contributed by atoms with Crippen LogP contribution in [0.2, 0.25) is 0 Å². The summed E-state index contributed by atoms with van der Waals surface area (Å²) in [6.45, 7) is 10.5. The predicted molar refractivity (Wildman–Crippen MR) is 89.2 cm³/mol. The number of alkyl halides is 1. The molecule has 0 fully saturated rings. The number of fused-ring (bicyclic) bond motifs is 1. The van der Waals surface area contributed by atoms with Crippen LogP contribution in [0.3, 0.4) is 0 Å². The van der Waals surface area contributed by atoms with Gasteiger partial charge in [0.1, 0.15) is 17.2 Å². The average Bonchev–Trinajstić information content (AvgIpc) is 2.66. The molecule has 1 aromatic carbocycles. The van der Waals surface area contributed by atoms with E-state index in [1.54, 1.807) is 0 Å². The van der Waals surface area contributed by atoms with E-state index in [-0.39, 0.29) is 5.50 Å². The second-order valence-corrected chi connectivity index (χ2v) is 6.29. The summed E-state index contributed by atoms with van der Waals surface area (Å²) >= 11 is 6.41. The summed E-state index contributed by atoms with van der Waals surface area (Å²) < 4.78 is 2.22. The van der Waals surface area contributed by atoms with Gasteiger partial charge in [-0.3, -0.25) is 4.57 Å². The Kier molecular flexibility index (Phi) is 3.33. The highest BCUT2D eigenvalue weighted by Gasteiger charge is 2.25. The van der Waals surface area contributed by atoms with Crippen LogP contribution < -0.4 is 5.32 Å². The Balaban J connectivity index is 2.32. The van der Waals surface area contributed by atoms with E-state index in [0.29, 0.717) is 0 Å². The number of nitrogens with one attached hydrogen (secondary N) is 1. The third kappa shape index (κ3) is 2.26. The summed E-state index contributed by atoms with van der Waals surface area (Å²) in [5.41, 5.74) is 6.98. The molecule has 2 aromatic rings. The SMILES string of the molecule is CC1=Nc2c(cc(C)n2-c2c(C)cc(C)cc2C)C(Cl)N1. The van der Waals surface area contributed by atoms with Crippen molar-refractivity contribution in [2.75, 3.05) is 0 Å². The van der Waals surface area contributed by atoms with Gasteiger partial charge in [-0.05, 0) is 51.8 Å². The monoisotopic (exact) mass is 301 g/mol. The minimum Gasteiger partial charge on any atom is -0.354 e. The Hall–Kier alpha value is -1.74. The predicted octanol–water partition coefficient (Wildman–Crippen LogP) is 4.60. The van der Waals surface area contributed by atoms with Crippen LogP contribution in [0.4, 0.5) is 5.82 Å². The van der Waals surface area contributed by atoms with Gasteiger partial charge >= 0.3 is 0 Å². The normalized spacial score (nSPS) is 17.2. The molecule has 3 rings (SSSR count). The molecule has 1 aliphatic rings. The molecule has 21 heavy (non-hydrogen) atoms. The van der Waals surface area contributed by atoms with Crippen molar-refractivity contribution in [1.82, 2.24) is 9.88 Å². The number of rotatable bonds is 1. The van der Waals surface area contributed by atoms with Gasteiger partial charge in [-0.15, -0.1) is 0 Å². The molecule has 0 spiro atoms. The number of hydrogen-bond donors (Lipinski definition) is 1. The van der Waals surface area contributed by atoms with Gasteiger partial charge in [0, 0.05) is 11.3 Å². The summed E-state index contributed by atoms with van der Waals surface area (Å²) in [5, 5.41) is 3.17. The van der Waals surface area contributed by atoms with E-state index >= 15 is 0 Å². The lowest BCUT2D eigenvalue weighted by molar-refractivity contribution is 0.839. The average molecular weight is 302 g/mol. The maximum Gasteiger partial charge on any atom is 0.146 e. The van der Waals surface area contributed by atoms with Crippen molar-refractivity contribution in [3.63, 3.8) is 0 Å². The van der Waals surface area contributed by atoms with Gasteiger partial charge in [-0.25, -0.2) is 4.99 Å². The van der Waals surface area contributed by atoms with Gasteiger partial charge in [-0.2, -0.15) is 0 Å². The number of halogens is 1. The number of aromatic nitrogens is 1. The number of aryl methyl sites for hydroxylation is 4. The Morgan fingerprint density at radius 2 is 1.67 bits per heavy atom. The highest BCUT2D eigenvalue weighted by atomic mass is 35.5. The zero-order valence-electron chi connectivity index (χ0n) is 13.1. The van der Waals surface area contributed by atoms with Crippen LogP contribution >= 0.6 is 11.6 Å². The smallest absolute Gasteiger partial charge is 0.146 e. The molecule has 1 atom stereocenters. The van der Waals surface area contributed by atoms with E-state index < -0.39 is 0 Å². The molecular weight excluding hydrogens is 282 g/mol. The maximum atomic E-state index is 6.41. The van der Waals surface area contributed by atoms with Crippen LogP contribution in [-0.2, 0) is 0 Å². The van der Waals surface area contributed by atoms with Gasteiger partial charge in [0.25, 0.3) is 0 Å². The molecule has 0 bridgehead atoms. The summed E-state index contributed by atoms with van der Waals surface area (Å²) in [5.74, 6) is 1.79. The summed E-state index contributed by atoms with van der Waals surface area (Å²) in [6, 6.07) is 6.54. The van der Waals surface area contributed by atoms with Crippen molar-refractivity contribution in [1.29, 1.82) is 0 Å². The molecule has 2 heterocycles. The quantitative estimate of drug-likeness (QED) is 0.605. The number of amidine groups is 1. The van der Waals surface area contributed by atoms with Crippen LogP contribution in [0.5, 0.6) is 0 Å². The zero-order valence-corrected chi connectivity index (χ0v) is 13.8. The first-order valence-electron chi connectivity index (χ1n) is 7.15. The maximum absolute atomic E-state index is 6.41. The molecule has 1 N–H and O–H groups in total. The molecule has 110 valence electrons. The summed E-state index contributed by atoms with van der Waals surface area (Å²) in [4.78, 5) is 4.68. The molecule has 1 unspecified atom stereocenters. The number of hydrogen-bond acceptors (Lipinski definition) is 2. The first-order valence-corrected chi connectivity index (χ1v) is 7.58. The van der Waals surface area contributed by atoms with Crippen LogP contribution in [0, 0.1) is 27.7 Å². The Morgan fingerprint density at radius 1 is 1.05 bits per heavy atom. The molecule has 0 saturated heterocycles. The molecule has 0 amide bonds. The Labute approximate surface area is 130 Å². The van der Waals surface area contributed by atoms with Crippen molar-refractivity contribution < 1.29 is 0 Å². The highest BCUT2D eigenvalue weighted by molar-refractivity contribution is 6.22. The van der Waals surface area contributed by atoms with Crippen LogP contribution in [0.25, 0.3) is 5.69 Å². The summed E-state index contributed by atoms with van der Waals surface area (Å²) in [6.07, 6.45) is 0. The number of nitrogens with zero attached hydrogens (tertiary/aromatic N) is 2. The molecule has 0 saturated carbocycles. The third-order valence-electron chi connectivity index (χ3n) is 3.93. The topological polar surface area (TPSA) is 29.3 Å². The number of benzene rings is 1. The van der Waals surface area contributed by atoms with Crippen LogP contribution in [0.15, 0.2) is 23.2 Å². The number of aliphatic imine (C=N–C) groups is 1. The third-order valence-corrected chi connectivity index (χ3v) is 4.27. The fourth-order valence-electron chi connectivity index (χ4n) is 3.21. The van der Waals surface area contributed by atoms with Gasteiger partial charge in [0.2, 0.25) is 0 Å². The molecule has 1 aliphatic heterocycles. The fraction of sp³-hybridized carbons (Fsp3) is 0.353. The van der Waals surface area contributed by atoms with Crippen LogP contribution in [-0.4, -0.2) is 10.4 Å².